The Hall–Kier alpha value is -0.840. The minimum atomic E-state index is -0.259. The monoisotopic (exact) mass is 258 g/mol. The van der Waals surface area contributed by atoms with Gasteiger partial charge in [0.25, 0.3) is 0 Å². The lowest BCUT2D eigenvalue weighted by atomic mass is 10.1. The van der Waals surface area contributed by atoms with E-state index in [9.17, 15) is 4.39 Å². The van der Waals surface area contributed by atoms with Crippen LogP contribution < -0.4 is 10.1 Å². The lowest BCUT2D eigenvalue weighted by molar-refractivity contribution is 0.227. The number of ether oxygens (including phenoxy) is 1. The first-order chi connectivity index (χ1) is 8.22. The van der Waals surface area contributed by atoms with E-state index in [4.69, 9.17) is 16.3 Å². The molecule has 0 atom stereocenters. The number of nitrogens with zero attached hydrogens (tertiary/aromatic N) is 1. The molecule has 0 aromatic heterocycles. The number of piperazine rings is 1. The molecule has 0 bridgehead atoms. The highest BCUT2D eigenvalue weighted by Crippen LogP contribution is 2.31. The van der Waals surface area contributed by atoms with E-state index in [1.807, 2.05) is 0 Å². The lowest BCUT2D eigenvalue weighted by Crippen LogP contribution is -2.43. The summed E-state index contributed by atoms with van der Waals surface area (Å²) in [6, 6.07) is 2.92. The molecular weight excluding hydrogens is 243 g/mol. The third-order valence-corrected chi connectivity index (χ3v) is 3.25. The molecule has 0 spiro atoms. The molecule has 0 unspecified atom stereocenters. The summed E-state index contributed by atoms with van der Waals surface area (Å²) in [7, 11) is 1.52. The van der Waals surface area contributed by atoms with Crippen LogP contribution in [0.15, 0.2) is 12.1 Å². The first-order valence-electron chi connectivity index (χ1n) is 5.66. The third-order valence-electron chi connectivity index (χ3n) is 2.95. The Balaban J connectivity index is 2.21. The van der Waals surface area contributed by atoms with Gasteiger partial charge in [-0.15, -0.1) is 0 Å². The Morgan fingerprint density at radius 1 is 1.41 bits per heavy atom. The number of methoxy groups -OCH3 is 1. The molecule has 0 amide bonds. The van der Waals surface area contributed by atoms with Gasteiger partial charge in [-0.1, -0.05) is 11.6 Å². The van der Waals surface area contributed by atoms with E-state index in [-0.39, 0.29) is 5.82 Å². The SMILES string of the molecule is COc1c(Cl)ccc(F)c1CN1CCNCC1. The summed E-state index contributed by atoms with van der Waals surface area (Å²) >= 11 is 6.00. The number of rotatable bonds is 3. The molecule has 1 aliphatic heterocycles. The number of hydrogen-bond donors (Lipinski definition) is 1. The normalized spacial score (nSPS) is 17.1. The van der Waals surface area contributed by atoms with Crippen LogP contribution in [-0.4, -0.2) is 38.2 Å². The average molecular weight is 259 g/mol. The average Bonchev–Trinajstić information content (AvgIpc) is 2.35. The zero-order valence-electron chi connectivity index (χ0n) is 9.80. The van der Waals surface area contributed by atoms with Crippen LogP contribution in [0.2, 0.25) is 5.02 Å². The summed E-state index contributed by atoms with van der Waals surface area (Å²) in [6.07, 6.45) is 0. The van der Waals surface area contributed by atoms with Gasteiger partial charge in [-0.3, -0.25) is 4.90 Å². The summed E-state index contributed by atoms with van der Waals surface area (Å²) in [5.41, 5.74) is 0.543. The summed E-state index contributed by atoms with van der Waals surface area (Å²) in [5.74, 6) is 0.190. The van der Waals surface area contributed by atoms with Crippen molar-refractivity contribution in [2.75, 3.05) is 33.3 Å². The van der Waals surface area contributed by atoms with Crippen LogP contribution in [0.4, 0.5) is 4.39 Å². The van der Waals surface area contributed by atoms with E-state index in [2.05, 4.69) is 10.2 Å². The van der Waals surface area contributed by atoms with Crippen molar-refractivity contribution in [3.8, 4) is 5.75 Å². The fourth-order valence-electron chi connectivity index (χ4n) is 2.04. The minimum absolute atomic E-state index is 0.259. The zero-order chi connectivity index (χ0) is 12.3. The Bertz CT molecular complexity index is 394. The fraction of sp³-hybridized carbons (Fsp3) is 0.500. The van der Waals surface area contributed by atoms with Crippen LogP contribution in [0.25, 0.3) is 0 Å². The molecule has 3 nitrogen and oxygen atoms in total. The predicted molar refractivity (Wildman–Crippen MR) is 66.1 cm³/mol. The van der Waals surface area contributed by atoms with E-state index in [1.54, 1.807) is 0 Å². The van der Waals surface area contributed by atoms with Crippen LogP contribution in [0.1, 0.15) is 5.56 Å². The van der Waals surface area contributed by atoms with E-state index in [1.165, 1.54) is 19.2 Å². The fourth-order valence-corrected chi connectivity index (χ4v) is 2.29. The summed E-state index contributed by atoms with van der Waals surface area (Å²) in [6.45, 7) is 4.23. The van der Waals surface area contributed by atoms with Gasteiger partial charge in [0, 0.05) is 38.3 Å². The molecule has 17 heavy (non-hydrogen) atoms. The number of nitrogens with one attached hydrogen (secondary N) is 1. The molecule has 5 heteroatoms. The maximum absolute atomic E-state index is 13.8. The van der Waals surface area contributed by atoms with Crippen molar-refractivity contribution >= 4 is 11.6 Å². The number of benzene rings is 1. The molecule has 1 heterocycles. The van der Waals surface area contributed by atoms with Crippen molar-refractivity contribution in [2.45, 2.75) is 6.54 Å². The first-order valence-corrected chi connectivity index (χ1v) is 6.04. The van der Waals surface area contributed by atoms with Crippen LogP contribution >= 0.6 is 11.6 Å². The van der Waals surface area contributed by atoms with Gasteiger partial charge in [-0.25, -0.2) is 4.39 Å². The van der Waals surface area contributed by atoms with Crippen LogP contribution in [0, 0.1) is 5.82 Å². The third kappa shape index (κ3) is 2.89. The molecule has 1 aromatic rings. The largest absolute Gasteiger partial charge is 0.495 e. The van der Waals surface area contributed by atoms with Gasteiger partial charge in [0.05, 0.1) is 12.1 Å². The van der Waals surface area contributed by atoms with Crippen molar-refractivity contribution in [2.24, 2.45) is 0 Å². The highest BCUT2D eigenvalue weighted by molar-refractivity contribution is 6.32. The molecule has 1 aliphatic rings. The smallest absolute Gasteiger partial charge is 0.144 e. The van der Waals surface area contributed by atoms with E-state index >= 15 is 0 Å². The quantitative estimate of drug-likeness (QED) is 0.896. The summed E-state index contributed by atoms with van der Waals surface area (Å²) in [4.78, 5) is 2.19. The molecule has 1 aromatic carbocycles. The molecule has 1 N–H and O–H groups in total. The van der Waals surface area contributed by atoms with Crippen molar-refractivity contribution in [3.05, 3.63) is 28.5 Å². The second-order valence-electron chi connectivity index (χ2n) is 4.07. The van der Waals surface area contributed by atoms with Crippen LogP contribution in [0.3, 0.4) is 0 Å². The van der Waals surface area contributed by atoms with Gasteiger partial charge in [0.15, 0.2) is 0 Å². The Kier molecular flexibility index (Phi) is 4.20. The molecular formula is C12H16ClFN2O. The molecule has 1 fully saturated rings. The molecule has 0 radical (unpaired) electrons. The van der Waals surface area contributed by atoms with Gasteiger partial charge in [0.1, 0.15) is 11.6 Å². The predicted octanol–water partition coefficient (Wildman–Crippen LogP) is 1.89. The molecule has 1 saturated heterocycles. The van der Waals surface area contributed by atoms with E-state index < -0.39 is 0 Å². The second kappa shape index (κ2) is 5.67. The van der Waals surface area contributed by atoms with E-state index in [0.29, 0.717) is 22.9 Å². The highest BCUT2D eigenvalue weighted by Gasteiger charge is 2.18. The molecule has 2 rings (SSSR count). The highest BCUT2D eigenvalue weighted by atomic mass is 35.5. The van der Waals surface area contributed by atoms with Gasteiger partial charge in [-0.05, 0) is 12.1 Å². The lowest BCUT2D eigenvalue weighted by Gasteiger charge is -2.28. The van der Waals surface area contributed by atoms with Gasteiger partial charge >= 0.3 is 0 Å². The first kappa shape index (κ1) is 12.6. The maximum Gasteiger partial charge on any atom is 0.144 e. The topological polar surface area (TPSA) is 24.5 Å². The number of halogens is 2. The summed E-state index contributed by atoms with van der Waals surface area (Å²) < 4.78 is 19.0. The molecule has 94 valence electrons. The van der Waals surface area contributed by atoms with Crippen molar-refractivity contribution < 1.29 is 9.13 Å². The van der Waals surface area contributed by atoms with Crippen molar-refractivity contribution in [1.82, 2.24) is 10.2 Å². The molecule has 0 aliphatic carbocycles. The maximum atomic E-state index is 13.8. The van der Waals surface area contributed by atoms with Gasteiger partial charge in [-0.2, -0.15) is 0 Å². The molecule has 0 saturated carbocycles. The van der Waals surface area contributed by atoms with Crippen molar-refractivity contribution in [1.29, 1.82) is 0 Å². The van der Waals surface area contributed by atoms with Crippen molar-refractivity contribution in [3.63, 3.8) is 0 Å². The zero-order valence-corrected chi connectivity index (χ0v) is 10.6. The van der Waals surface area contributed by atoms with Gasteiger partial charge in [0.2, 0.25) is 0 Å². The van der Waals surface area contributed by atoms with Crippen LogP contribution in [0.5, 0.6) is 5.75 Å². The minimum Gasteiger partial charge on any atom is -0.495 e. The standard InChI is InChI=1S/C12H16ClFN2O/c1-17-12-9(11(14)3-2-10(12)13)8-16-6-4-15-5-7-16/h2-3,15H,4-8H2,1H3. The van der Waals surface area contributed by atoms with Gasteiger partial charge < -0.3 is 10.1 Å². The summed E-state index contributed by atoms with van der Waals surface area (Å²) in [5, 5.41) is 3.72. The van der Waals surface area contributed by atoms with E-state index in [0.717, 1.165) is 26.2 Å². The second-order valence-corrected chi connectivity index (χ2v) is 4.47. The van der Waals surface area contributed by atoms with Crippen LogP contribution in [-0.2, 0) is 6.54 Å². The Morgan fingerprint density at radius 2 is 2.12 bits per heavy atom. The Labute approximate surface area is 106 Å². The Morgan fingerprint density at radius 3 is 2.76 bits per heavy atom. The number of hydrogen-bond acceptors (Lipinski definition) is 3.